The van der Waals surface area contributed by atoms with Crippen molar-refractivity contribution in [2.45, 2.75) is 46.4 Å². The molecule has 0 aliphatic carbocycles. The second-order valence-electron chi connectivity index (χ2n) is 5.59. The van der Waals surface area contributed by atoms with Crippen molar-refractivity contribution in [3.8, 4) is 0 Å². The maximum atomic E-state index is 10.1. The number of nitrogens with two attached hydrogens (primary N) is 1. The summed E-state index contributed by atoms with van der Waals surface area (Å²) in [6.45, 7) is 10.8. The van der Waals surface area contributed by atoms with Crippen LogP contribution in [0.1, 0.15) is 27.7 Å². The minimum absolute atomic E-state index is 0.426. The lowest BCUT2D eigenvalue weighted by Crippen LogP contribution is -2.41. The second kappa shape index (κ2) is 6.75. The van der Waals surface area contributed by atoms with Gasteiger partial charge in [-0.2, -0.15) is 5.10 Å². The van der Waals surface area contributed by atoms with E-state index in [0.717, 1.165) is 6.54 Å². The standard InChI is InChI=1S/C13H26N4O/c1-10(2)6-16(11(3)4)8-13(18)9-17-7-12(14)5-15-17/h5,7,10-11,13,18H,6,8-9,14H2,1-4H3. The molecule has 0 aliphatic heterocycles. The molecule has 5 heteroatoms. The molecule has 1 aromatic heterocycles. The average molecular weight is 254 g/mol. The Balaban J connectivity index is 2.48. The molecule has 0 saturated carbocycles. The lowest BCUT2D eigenvalue weighted by molar-refractivity contribution is 0.0739. The van der Waals surface area contributed by atoms with Crippen LogP contribution in [0.3, 0.4) is 0 Å². The number of rotatable bonds is 7. The summed E-state index contributed by atoms with van der Waals surface area (Å²) in [6.07, 6.45) is 2.91. The molecule has 1 aromatic rings. The summed E-state index contributed by atoms with van der Waals surface area (Å²) in [4.78, 5) is 2.29. The van der Waals surface area contributed by atoms with Gasteiger partial charge in [-0.1, -0.05) is 13.8 Å². The van der Waals surface area contributed by atoms with Crippen LogP contribution >= 0.6 is 0 Å². The van der Waals surface area contributed by atoms with Gasteiger partial charge in [-0.05, 0) is 19.8 Å². The number of aliphatic hydroxyl groups is 1. The summed E-state index contributed by atoms with van der Waals surface area (Å²) in [5.74, 6) is 0.597. The van der Waals surface area contributed by atoms with Crippen LogP contribution in [0, 0.1) is 5.92 Å². The van der Waals surface area contributed by atoms with Crippen LogP contribution < -0.4 is 5.73 Å². The van der Waals surface area contributed by atoms with Crippen molar-refractivity contribution in [2.24, 2.45) is 5.92 Å². The summed E-state index contributed by atoms with van der Waals surface area (Å²) in [7, 11) is 0. The fourth-order valence-corrected chi connectivity index (χ4v) is 1.99. The van der Waals surface area contributed by atoms with E-state index in [1.54, 1.807) is 17.1 Å². The molecule has 0 aliphatic rings. The molecule has 0 amide bonds. The van der Waals surface area contributed by atoms with E-state index in [4.69, 9.17) is 5.73 Å². The Kier molecular flexibility index (Phi) is 5.62. The van der Waals surface area contributed by atoms with E-state index in [9.17, 15) is 5.11 Å². The summed E-state index contributed by atoms with van der Waals surface area (Å²) in [6, 6.07) is 0.435. The zero-order valence-corrected chi connectivity index (χ0v) is 11.9. The van der Waals surface area contributed by atoms with Gasteiger partial charge in [-0.25, -0.2) is 0 Å². The number of nitrogen functional groups attached to an aromatic ring is 1. The first-order chi connectivity index (χ1) is 8.38. The molecule has 1 atom stereocenters. The first kappa shape index (κ1) is 15.0. The number of hydrogen-bond donors (Lipinski definition) is 2. The fourth-order valence-electron chi connectivity index (χ4n) is 1.99. The maximum Gasteiger partial charge on any atom is 0.0862 e. The topological polar surface area (TPSA) is 67.3 Å². The van der Waals surface area contributed by atoms with Crippen molar-refractivity contribution in [1.82, 2.24) is 14.7 Å². The van der Waals surface area contributed by atoms with Crippen molar-refractivity contribution in [3.63, 3.8) is 0 Å². The Morgan fingerprint density at radius 2 is 2.00 bits per heavy atom. The Morgan fingerprint density at radius 1 is 1.33 bits per heavy atom. The molecule has 0 bridgehead atoms. The molecule has 0 aromatic carbocycles. The van der Waals surface area contributed by atoms with Gasteiger partial charge in [0.1, 0.15) is 0 Å². The molecule has 18 heavy (non-hydrogen) atoms. The molecule has 0 spiro atoms. The van der Waals surface area contributed by atoms with Gasteiger partial charge in [0.25, 0.3) is 0 Å². The van der Waals surface area contributed by atoms with E-state index in [1.807, 2.05) is 0 Å². The van der Waals surface area contributed by atoms with Gasteiger partial charge in [0.05, 0.1) is 24.5 Å². The fraction of sp³-hybridized carbons (Fsp3) is 0.769. The minimum atomic E-state index is -0.426. The molecule has 3 N–H and O–H groups in total. The van der Waals surface area contributed by atoms with Crippen LogP contribution in [-0.2, 0) is 6.54 Å². The summed E-state index contributed by atoms with van der Waals surface area (Å²) in [5.41, 5.74) is 6.22. The number of aromatic nitrogens is 2. The molecule has 0 fully saturated rings. The molecule has 1 heterocycles. The summed E-state index contributed by atoms with van der Waals surface area (Å²) < 4.78 is 1.69. The number of anilines is 1. The largest absolute Gasteiger partial charge is 0.396 e. The highest BCUT2D eigenvalue weighted by atomic mass is 16.3. The van der Waals surface area contributed by atoms with Crippen LogP contribution in [0.5, 0.6) is 0 Å². The Morgan fingerprint density at radius 3 is 2.44 bits per heavy atom. The van der Waals surface area contributed by atoms with Gasteiger partial charge >= 0.3 is 0 Å². The van der Waals surface area contributed by atoms with Gasteiger partial charge < -0.3 is 10.8 Å². The zero-order valence-electron chi connectivity index (χ0n) is 11.9. The highest BCUT2D eigenvalue weighted by molar-refractivity contribution is 5.30. The van der Waals surface area contributed by atoms with Crippen LogP contribution in [-0.4, -0.2) is 45.0 Å². The second-order valence-corrected chi connectivity index (χ2v) is 5.59. The van der Waals surface area contributed by atoms with Gasteiger partial charge in [0, 0.05) is 25.3 Å². The molecule has 104 valence electrons. The summed E-state index contributed by atoms with van der Waals surface area (Å²) >= 11 is 0. The Hall–Kier alpha value is -1.07. The molecular formula is C13H26N4O. The smallest absolute Gasteiger partial charge is 0.0862 e. The van der Waals surface area contributed by atoms with Gasteiger partial charge in [0.2, 0.25) is 0 Å². The maximum absolute atomic E-state index is 10.1. The minimum Gasteiger partial charge on any atom is -0.396 e. The van der Waals surface area contributed by atoms with Crippen LogP contribution in [0.2, 0.25) is 0 Å². The third-order valence-electron chi connectivity index (χ3n) is 2.83. The van der Waals surface area contributed by atoms with E-state index in [2.05, 4.69) is 37.7 Å². The third-order valence-corrected chi connectivity index (χ3v) is 2.83. The van der Waals surface area contributed by atoms with Crippen LogP contribution in [0.15, 0.2) is 12.4 Å². The Labute approximate surface area is 110 Å². The number of hydrogen-bond acceptors (Lipinski definition) is 4. The van der Waals surface area contributed by atoms with Crippen molar-refractivity contribution < 1.29 is 5.11 Å². The zero-order chi connectivity index (χ0) is 13.7. The van der Waals surface area contributed by atoms with Gasteiger partial charge in [0.15, 0.2) is 0 Å². The van der Waals surface area contributed by atoms with Crippen molar-refractivity contribution in [3.05, 3.63) is 12.4 Å². The van der Waals surface area contributed by atoms with E-state index >= 15 is 0 Å². The Bertz CT molecular complexity index is 349. The first-order valence-corrected chi connectivity index (χ1v) is 6.58. The van der Waals surface area contributed by atoms with E-state index in [1.165, 1.54) is 0 Å². The SMILES string of the molecule is CC(C)CN(CC(O)Cn1cc(N)cn1)C(C)C. The highest BCUT2D eigenvalue weighted by Crippen LogP contribution is 2.07. The molecule has 5 nitrogen and oxygen atoms in total. The summed E-state index contributed by atoms with van der Waals surface area (Å²) in [5, 5.41) is 14.2. The molecular weight excluding hydrogens is 228 g/mol. The van der Waals surface area contributed by atoms with Crippen molar-refractivity contribution in [1.29, 1.82) is 0 Å². The quantitative estimate of drug-likeness (QED) is 0.767. The monoisotopic (exact) mass is 254 g/mol. The molecule has 0 radical (unpaired) electrons. The molecule has 1 unspecified atom stereocenters. The third kappa shape index (κ3) is 5.06. The van der Waals surface area contributed by atoms with Gasteiger partial charge in [-0.3, -0.25) is 9.58 Å². The predicted octanol–water partition coefficient (Wildman–Crippen LogP) is 1.19. The lowest BCUT2D eigenvalue weighted by Gasteiger charge is -2.30. The predicted molar refractivity (Wildman–Crippen MR) is 74.2 cm³/mol. The normalized spacial score (nSPS) is 13.8. The average Bonchev–Trinajstić information content (AvgIpc) is 2.62. The first-order valence-electron chi connectivity index (χ1n) is 6.58. The van der Waals surface area contributed by atoms with Gasteiger partial charge in [-0.15, -0.1) is 0 Å². The van der Waals surface area contributed by atoms with Crippen molar-refractivity contribution >= 4 is 5.69 Å². The molecule has 0 saturated heterocycles. The van der Waals surface area contributed by atoms with E-state index in [0.29, 0.717) is 30.7 Å². The van der Waals surface area contributed by atoms with Crippen LogP contribution in [0.25, 0.3) is 0 Å². The lowest BCUT2D eigenvalue weighted by atomic mass is 10.1. The van der Waals surface area contributed by atoms with Crippen molar-refractivity contribution in [2.75, 3.05) is 18.8 Å². The van der Waals surface area contributed by atoms with E-state index in [-0.39, 0.29) is 0 Å². The van der Waals surface area contributed by atoms with Crippen LogP contribution in [0.4, 0.5) is 5.69 Å². The van der Waals surface area contributed by atoms with E-state index < -0.39 is 6.10 Å². The molecule has 1 rings (SSSR count). The number of aliphatic hydroxyl groups excluding tert-OH is 1. The highest BCUT2D eigenvalue weighted by Gasteiger charge is 2.16. The number of nitrogens with zero attached hydrogens (tertiary/aromatic N) is 3.